The molecular formula is C11H13FN2O5S. The van der Waals surface area contributed by atoms with Gasteiger partial charge in [0.25, 0.3) is 11.6 Å². The maximum Gasteiger partial charge on any atom is 0.270 e. The molecule has 1 rings (SSSR count). The van der Waals surface area contributed by atoms with Crippen molar-refractivity contribution < 1.29 is 22.5 Å². The second-order valence-corrected chi connectivity index (χ2v) is 6.57. The van der Waals surface area contributed by atoms with Crippen molar-refractivity contribution in [3.63, 3.8) is 0 Å². The molecule has 0 heterocycles. The number of nitrogens with one attached hydrogen (secondary N) is 1. The maximum atomic E-state index is 13.5. The standard InChI is InChI=1S/C11H13FN2O5S/c1-7(6-20(2,18)19)13-11(15)9-5-8(14(16)17)3-4-10(9)12/h3-5,7H,6H2,1-2H3,(H,13,15). The predicted octanol–water partition coefficient (Wildman–Crippen LogP) is 0.897. The van der Waals surface area contributed by atoms with E-state index >= 15 is 0 Å². The number of sulfone groups is 1. The van der Waals surface area contributed by atoms with Gasteiger partial charge in [0.05, 0.1) is 16.2 Å². The summed E-state index contributed by atoms with van der Waals surface area (Å²) < 4.78 is 35.6. The molecule has 0 spiro atoms. The van der Waals surface area contributed by atoms with Crippen LogP contribution >= 0.6 is 0 Å². The Morgan fingerprint density at radius 3 is 2.60 bits per heavy atom. The molecule has 1 unspecified atom stereocenters. The number of nitro benzene ring substituents is 1. The quantitative estimate of drug-likeness (QED) is 0.642. The highest BCUT2D eigenvalue weighted by Crippen LogP contribution is 2.16. The van der Waals surface area contributed by atoms with Crippen molar-refractivity contribution >= 4 is 21.4 Å². The zero-order chi connectivity index (χ0) is 15.5. The average Bonchev–Trinajstić information content (AvgIpc) is 2.26. The third kappa shape index (κ3) is 4.57. The fourth-order valence-corrected chi connectivity index (χ4v) is 2.59. The highest BCUT2D eigenvalue weighted by molar-refractivity contribution is 7.90. The minimum Gasteiger partial charge on any atom is -0.348 e. The summed E-state index contributed by atoms with van der Waals surface area (Å²) in [6.45, 7) is 1.44. The molecule has 7 nitrogen and oxygen atoms in total. The Hall–Kier alpha value is -2.03. The van der Waals surface area contributed by atoms with Crippen LogP contribution in [-0.4, -0.2) is 37.3 Å². The van der Waals surface area contributed by atoms with E-state index in [4.69, 9.17) is 0 Å². The van der Waals surface area contributed by atoms with Crippen LogP contribution in [0.5, 0.6) is 0 Å². The second-order valence-electron chi connectivity index (χ2n) is 4.39. The molecule has 1 amide bonds. The van der Waals surface area contributed by atoms with Gasteiger partial charge in [-0.2, -0.15) is 0 Å². The van der Waals surface area contributed by atoms with Gasteiger partial charge < -0.3 is 5.32 Å². The van der Waals surface area contributed by atoms with E-state index in [0.29, 0.717) is 0 Å². The molecule has 0 aliphatic heterocycles. The second kappa shape index (κ2) is 5.95. The van der Waals surface area contributed by atoms with Crippen molar-refractivity contribution in [3.05, 3.63) is 39.7 Å². The summed E-state index contributed by atoms with van der Waals surface area (Å²) in [5, 5.41) is 12.8. The first kappa shape index (κ1) is 16.0. The smallest absolute Gasteiger partial charge is 0.270 e. The van der Waals surface area contributed by atoms with Crippen LogP contribution < -0.4 is 5.32 Å². The Kier molecular flexibility index (Phi) is 4.77. The molecule has 0 aliphatic carbocycles. The summed E-state index contributed by atoms with van der Waals surface area (Å²) in [5.74, 6) is -2.13. The molecule has 1 aromatic carbocycles. The number of nitrogens with zero attached hydrogens (tertiary/aromatic N) is 1. The van der Waals surface area contributed by atoms with Crippen molar-refractivity contribution in [2.24, 2.45) is 0 Å². The van der Waals surface area contributed by atoms with Gasteiger partial charge in [0.2, 0.25) is 0 Å². The van der Waals surface area contributed by atoms with Gasteiger partial charge in [-0.1, -0.05) is 0 Å². The number of nitro groups is 1. The fraction of sp³-hybridized carbons (Fsp3) is 0.364. The van der Waals surface area contributed by atoms with Gasteiger partial charge in [-0.25, -0.2) is 12.8 Å². The molecule has 0 aromatic heterocycles. The van der Waals surface area contributed by atoms with Crippen LogP contribution in [0.15, 0.2) is 18.2 Å². The molecule has 0 saturated carbocycles. The highest BCUT2D eigenvalue weighted by atomic mass is 32.2. The van der Waals surface area contributed by atoms with Gasteiger partial charge in [0.15, 0.2) is 0 Å². The number of carbonyl (C=O) groups excluding carboxylic acids is 1. The molecule has 0 aliphatic rings. The summed E-state index contributed by atoms with van der Waals surface area (Å²) in [5.41, 5.74) is -0.924. The molecule has 1 N–H and O–H groups in total. The van der Waals surface area contributed by atoms with E-state index in [1.165, 1.54) is 6.92 Å². The molecule has 0 bridgehead atoms. The number of hydrogen-bond acceptors (Lipinski definition) is 5. The number of hydrogen-bond donors (Lipinski definition) is 1. The van der Waals surface area contributed by atoms with Crippen LogP contribution in [0.1, 0.15) is 17.3 Å². The first-order chi connectivity index (χ1) is 9.10. The summed E-state index contributed by atoms with van der Waals surface area (Å²) in [4.78, 5) is 21.6. The lowest BCUT2D eigenvalue weighted by Crippen LogP contribution is -2.37. The molecule has 0 radical (unpaired) electrons. The Labute approximate surface area is 114 Å². The molecule has 9 heteroatoms. The van der Waals surface area contributed by atoms with Crippen LogP contribution in [0, 0.1) is 15.9 Å². The summed E-state index contributed by atoms with van der Waals surface area (Å²) >= 11 is 0. The Morgan fingerprint density at radius 1 is 1.50 bits per heavy atom. The number of carbonyl (C=O) groups is 1. The summed E-state index contributed by atoms with van der Waals surface area (Å²) in [6, 6.07) is 1.81. The van der Waals surface area contributed by atoms with Gasteiger partial charge in [0.1, 0.15) is 15.7 Å². The third-order valence-electron chi connectivity index (χ3n) is 2.34. The lowest BCUT2D eigenvalue weighted by atomic mass is 10.1. The van der Waals surface area contributed by atoms with Crippen molar-refractivity contribution in [2.45, 2.75) is 13.0 Å². The highest BCUT2D eigenvalue weighted by Gasteiger charge is 2.19. The van der Waals surface area contributed by atoms with Crippen LogP contribution in [-0.2, 0) is 9.84 Å². The van der Waals surface area contributed by atoms with Gasteiger partial charge in [-0.05, 0) is 13.0 Å². The third-order valence-corrected chi connectivity index (χ3v) is 3.44. The Balaban J connectivity index is 2.92. The van der Waals surface area contributed by atoms with Crippen molar-refractivity contribution in [1.29, 1.82) is 0 Å². The molecule has 1 atom stereocenters. The number of rotatable bonds is 5. The van der Waals surface area contributed by atoms with Gasteiger partial charge in [-0.3, -0.25) is 14.9 Å². The van der Waals surface area contributed by atoms with Gasteiger partial charge in [-0.15, -0.1) is 0 Å². The van der Waals surface area contributed by atoms with Crippen molar-refractivity contribution in [2.75, 3.05) is 12.0 Å². The number of non-ortho nitro benzene ring substituents is 1. The van der Waals surface area contributed by atoms with E-state index < -0.39 is 43.8 Å². The normalized spacial score (nSPS) is 12.8. The maximum absolute atomic E-state index is 13.5. The van der Waals surface area contributed by atoms with Gasteiger partial charge >= 0.3 is 0 Å². The SMILES string of the molecule is CC(CS(C)(=O)=O)NC(=O)c1cc([N+](=O)[O-])ccc1F. The molecule has 20 heavy (non-hydrogen) atoms. The molecular weight excluding hydrogens is 291 g/mol. The van der Waals surface area contributed by atoms with E-state index in [9.17, 15) is 27.7 Å². The predicted molar refractivity (Wildman–Crippen MR) is 69.7 cm³/mol. The first-order valence-corrected chi connectivity index (χ1v) is 7.58. The van der Waals surface area contributed by atoms with Crippen LogP contribution in [0.4, 0.5) is 10.1 Å². The molecule has 110 valence electrons. The number of amides is 1. The fourth-order valence-electron chi connectivity index (χ4n) is 1.60. The largest absolute Gasteiger partial charge is 0.348 e. The van der Waals surface area contributed by atoms with E-state index in [1.807, 2.05) is 0 Å². The number of benzene rings is 1. The lowest BCUT2D eigenvalue weighted by Gasteiger charge is -2.13. The molecule has 0 saturated heterocycles. The van der Waals surface area contributed by atoms with Crippen LogP contribution in [0.2, 0.25) is 0 Å². The van der Waals surface area contributed by atoms with Crippen LogP contribution in [0.3, 0.4) is 0 Å². The van der Waals surface area contributed by atoms with E-state index in [0.717, 1.165) is 24.5 Å². The van der Waals surface area contributed by atoms with E-state index in [1.54, 1.807) is 0 Å². The summed E-state index contributed by atoms with van der Waals surface area (Å²) in [7, 11) is -3.30. The zero-order valence-electron chi connectivity index (χ0n) is 10.8. The van der Waals surface area contributed by atoms with Crippen molar-refractivity contribution in [3.8, 4) is 0 Å². The lowest BCUT2D eigenvalue weighted by molar-refractivity contribution is -0.384. The zero-order valence-corrected chi connectivity index (χ0v) is 11.6. The number of halogens is 1. The topological polar surface area (TPSA) is 106 Å². The van der Waals surface area contributed by atoms with Crippen LogP contribution in [0.25, 0.3) is 0 Å². The minimum atomic E-state index is -3.30. The summed E-state index contributed by atoms with van der Waals surface area (Å²) in [6.07, 6.45) is 1.00. The van der Waals surface area contributed by atoms with Crippen molar-refractivity contribution in [1.82, 2.24) is 5.32 Å². The van der Waals surface area contributed by atoms with E-state index in [-0.39, 0.29) is 5.75 Å². The minimum absolute atomic E-state index is 0.310. The van der Waals surface area contributed by atoms with E-state index in [2.05, 4.69) is 5.32 Å². The molecule has 1 aromatic rings. The monoisotopic (exact) mass is 304 g/mol. The van der Waals surface area contributed by atoms with Gasteiger partial charge in [0, 0.05) is 24.4 Å². The Morgan fingerprint density at radius 2 is 2.10 bits per heavy atom. The average molecular weight is 304 g/mol. The Bertz CT molecular complexity index is 644. The first-order valence-electron chi connectivity index (χ1n) is 5.52. The molecule has 0 fully saturated rings.